The number of hydrogen-bond donors (Lipinski definition) is 2. The van der Waals surface area contributed by atoms with Crippen LogP contribution in [0.5, 0.6) is 0 Å². The van der Waals surface area contributed by atoms with Crippen LogP contribution in [0.25, 0.3) is 0 Å². The standard InChI is InChI=1S/C23H26N4O5S2/c1-3-17-18(13-24)20(25-22(33-2)19(17)23(29)30)27-11-9-16(10-12-27)21(28)26-34(31,32)14-15-7-5-4-6-8-15/h4-8,16H,3,9-12,14H2,1-2H3,(H,26,28)(H,29,30). The Kier molecular flexibility index (Phi) is 8.17. The number of carbonyl (C=O) groups excluding carboxylic acids is 1. The number of rotatable bonds is 8. The van der Waals surface area contributed by atoms with E-state index in [4.69, 9.17) is 0 Å². The Hall–Kier alpha value is -3.10. The van der Waals surface area contributed by atoms with E-state index in [1.165, 1.54) is 11.8 Å². The fourth-order valence-corrected chi connectivity index (χ4v) is 5.85. The summed E-state index contributed by atoms with van der Waals surface area (Å²) in [5.74, 6) is -2.02. The molecule has 34 heavy (non-hydrogen) atoms. The molecule has 0 unspecified atom stereocenters. The van der Waals surface area contributed by atoms with Gasteiger partial charge in [-0.15, -0.1) is 11.8 Å². The molecule has 0 aliphatic carbocycles. The smallest absolute Gasteiger partial charge is 0.338 e. The van der Waals surface area contributed by atoms with Crippen LogP contribution in [0.1, 0.15) is 46.8 Å². The molecule has 1 aromatic carbocycles. The minimum absolute atomic E-state index is 0.0492. The maximum Gasteiger partial charge on any atom is 0.338 e. The molecule has 11 heteroatoms. The lowest BCUT2D eigenvalue weighted by atomic mass is 9.95. The number of nitrogens with one attached hydrogen (secondary N) is 1. The summed E-state index contributed by atoms with van der Waals surface area (Å²) < 4.78 is 27.0. The van der Waals surface area contributed by atoms with Crippen molar-refractivity contribution in [3.8, 4) is 6.07 Å². The predicted molar refractivity (Wildman–Crippen MR) is 129 cm³/mol. The second kappa shape index (κ2) is 10.9. The van der Waals surface area contributed by atoms with E-state index in [-0.39, 0.29) is 16.9 Å². The molecule has 0 radical (unpaired) electrons. The van der Waals surface area contributed by atoms with Gasteiger partial charge in [0.25, 0.3) is 0 Å². The Morgan fingerprint density at radius 1 is 1.26 bits per heavy atom. The molecule has 9 nitrogen and oxygen atoms in total. The molecule has 1 aromatic heterocycles. The zero-order valence-electron chi connectivity index (χ0n) is 18.9. The van der Waals surface area contributed by atoms with Crippen LogP contribution in [-0.4, -0.2) is 49.7 Å². The number of pyridine rings is 1. The highest BCUT2D eigenvalue weighted by Gasteiger charge is 2.31. The first-order valence-electron chi connectivity index (χ1n) is 10.8. The minimum atomic E-state index is -3.82. The number of thioether (sulfide) groups is 1. The third kappa shape index (κ3) is 5.69. The van der Waals surface area contributed by atoms with E-state index in [2.05, 4.69) is 15.8 Å². The van der Waals surface area contributed by atoms with Crippen LogP contribution in [-0.2, 0) is 27.0 Å². The van der Waals surface area contributed by atoms with E-state index < -0.39 is 27.8 Å². The Labute approximate surface area is 203 Å². The number of carboxylic acid groups (broad SMARTS) is 1. The molecule has 180 valence electrons. The maximum atomic E-state index is 12.6. The summed E-state index contributed by atoms with van der Waals surface area (Å²) in [5, 5.41) is 19.8. The number of nitriles is 1. The number of benzene rings is 1. The Morgan fingerprint density at radius 3 is 2.44 bits per heavy atom. The number of nitrogens with zero attached hydrogens (tertiary/aromatic N) is 3. The van der Waals surface area contributed by atoms with Gasteiger partial charge in [0, 0.05) is 19.0 Å². The third-order valence-corrected chi connectivity index (χ3v) is 7.65. The first-order chi connectivity index (χ1) is 16.2. The number of hydrogen-bond acceptors (Lipinski definition) is 8. The van der Waals surface area contributed by atoms with E-state index in [1.54, 1.807) is 43.5 Å². The van der Waals surface area contributed by atoms with Crippen LogP contribution in [0.4, 0.5) is 5.82 Å². The number of amides is 1. The van der Waals surface area contributed by atoms with Gasteiger partial charge in [-0.3, -0.25) is 9.52 Å². The number of aromatic carboxylic acids is 1. The molecular weight excluding hydrogens is 476 g/mol. The van der Waals surface area contributed by atoms with E-state index in [9.17, 15) is 28.4 Å². The van der Waals surface area contributed by atoms with Crippen molar-refractivity contribution in [3.63, 3.8) is 0 Å². The van der Waals surface area contributed by atoms with Gasteiger partial charge >= 0.3 is 5.97 Å². The SMILES string of the molecule is CCc1c(C#N)c(N2CCC(C(=O)NS(=O)(=O)Cc3ccccc3)CC2)nc(SC)c1C(=O)O. The molecule has 1 aliphatic rings. The highest BCUT2D eigenvalue weighted by atomic mass is 32.2. The molecule has 0 atom stereocenters. The molecule has 0 bridgehead atoms. The lowest BCUT2D eigenvalue weighted by Crippen LogP contribution is -2.43. The zero-order valence-corrected chi connectivity index (χ0v) is 20.6. The molecule has 1 amide bonds. The van der Waals surface area contributed by atoms with Gasteiger partial charge in [-0.1, -0.05) is 37.3 Å². The molecule has 0 saturated carbocycles. The predicted octanol–water partition coefficient (Wildman–Crippen LogP) is 2.80. The second-order valence-corrected chi connectivity index (χ2v) is 10.4. The molecule has 2 aromatic rings. The van der Waals surface area contributed by atoms with Crippen LogP contribution in [0.3, 0.4) is 0 Å². The molecule has 0 spiro atoms. The number of carbonyl (C=O) groups is 2. The fraction of sp³-hybridized carbons (Fsp3) is 0.391. The highest BCUT2D eigenvalue weighted by Crippen LogP contribution is 2.33. The van der Waals surface area contributed by atoms with E-state index in [0.29, 0.717) is 54.3 Å². The van der Waals surface area contributed by atoms with E-state index in [0.717, 1.165) is 0 Å². The van der Waals surface area contributed by atoms with Gasteiger partial charge in [0.05, 0.1) is 16.9 Å². The summed E-state index contributed by atoms with van der Waals surface area (Å²) in [6.45, 7) is 2.58. The fourth-order valence-electron chi connectivity index (χ4n) is 4.08. The first kappa shape index (κ1) is 25.5. The Balaban J connectivity index is 1.74. The molecule has 1 saturated heterocycles. The van der Waals surface area contributed by atoms with Crippen molar-refractivity contribution < 1.29 is 23.1 Å². The van der Waals surface area contributed by atoms with Gasteiger partial charge in [-0.2, -0.15) is 5.26 Å². The van der Waals surface area contributed by atoms with Gasteiger partial charge in [-0.05, 0) is 36.6 Å². The summed E-state index contributed by atoms with van der Waals surface area (Å²) >= 11 is 1.20. The average Bonchev–Trinajstić information content (AvgIpc) is 2.82. The van der Waals surface area contributed by atoms with Crippen molar-refractivity contribution in [1.82, 2.24) is 9.71 Å². The van der Waals surface area contributed by atoms with Gasteiger partial charge in [-0.25, -0.2) is 18.2 Å². The molecular formula is C23H26N4O5S2. The van der Waals surface area contributed by atoms with Crippen LogP contribution in [0.15, 0.2) is 35.4 Å². The Bertz CT molecular complexity index is 1220. The number of anilines is 1. The Morgan fingerprint density at radius 2 is 1.91 bits per heavy atom. The van der Waals surface area contributed by atoms with Crippen molar-refractivity contribution in [1.29, 1.82) is 5.26 Å². The van der Waals surface area contributed by atoms with Gasteiger partial charge < -0.3 is 10.0 Å². The largest absolute Gasteiger partial charge is 0.478 e. The number of piperidine rings is 1. The topological polar surface area (TPSA) is 140 Å². The first-order valence-corrected chi connectivity index (χ1v) is 13.7. The van der Waals surface area contributed by atoms with Crippen LogP contribution < -0.4 is 9.62 Å². The normalized spacial score (nSPS) is 14.4. The molecule has 3 rings (SSSR count). The van der Waals surface area contributed by atoms with Crippen LogP contribution in [0.2, 0.25) is 0 Å². The van der Waals surface area contributed by atoms with Crippen molar-refractivity contribution in [2.45, 2.75) is 37.0 Å². The lowest BCUT2D eigenvalue weighted by molar-refractivity contribution is -0.123. The van der Waals surface area contributed by atoms with Crippen molar-refractivity contribution in [2.75, 3.05) is 24.2 Å². The van der Waals surface area contributed by atoms with E-state index in [1.807, 2.05) is 4.90 Å². The lowest BCUT2D eigenvalue weighted by Gasteiger charge is -2.33. The summed E-state index contributed by atoms with van der Waals surface area (Å²) in [5.41, 5.74) is 1.31. The minimum Gasteiger partial charge on any atom is -0.478 e. The van der Waals surface area contributed by atoms with Crippen molar-refractivity contribution in [2.24, 2.45) is 5.92 Å². The van der Waals surface area contributed by atoms with Crippen LogP contribution >= 0.6 is 11.8 Å². The quantitative estimate of drug-likeness (QED) is 0.521. The number of carboxylic acids is 1. The maximum absolute atomic E-state index is 12.6. The molecule has 2 heterocycles. The molecule has 2 N–H and O–H groups in total. The van der Waals surface area contributed by atoms with Gasteiger partial charge in [0.2, 0.25) is 15.9 Å². The van der Waals surface area contributed by atoms with Crippen molar-refractivity contribution in [3.05, 3.63) is 52.6 Å². The second-order valence-electron chi connectivity index (χ2n) is 7.92. The molecule has 1 aliphatic heterocycles. The van der Waals surface area contributed by atoms with Gasteiger partial charge in [0.15, 0.2) is 0 Å². The zero-order chi connectivity index (χ0) is 24.9. The van der Waals surface area contributed by atoms with E-state index >= 15 is 0 Å². The third-order valence-electron chi connectivity index (χ3n) is 5.74. The number of aromatic nitrogens is 1. The monoisotopic (exact) mass is 502 g/mol. The molecule has 1 fully saturated rings. The summed E-state index contributed by atoms with van der Waals surface area (Å²) in [7, 11) is -3.82. The average molecular weight is 503 g/mol. The van der Waals surface area contributed by atoms with Gasteiger partial charge in [0.1, 0.15) is 16.9 Å². The van der Waals surface area contributed by atoms with Crippen molar-refractivity contribution >= 4 is 39.5 Å². The number of sulfonamides is 1. The van der Waals surface area contributed by atoms with Crippen LogP contribution in [0, 0.1) is 17.2 Å². The highest BCUT2D eigenvalue weighted by molar-refractivity contribution is 7.98. The summed E-state index contributed by atoms with van der Waals surface area (Å²) in [6.07, 6.45) is 2.87. The summed E-state index contributed by atoms with van der Waals surface area (Å²) in [6, 6.07) is 10.7. The summed E-state index contributed by atoms with van der Waals surface area (Å²) in [4.78, 5) is 30.8.